The van der Waals surface area contributed by atoms with Crippen LogP contribution < -0.4 is 15.8 Å². The van der Waals surface area contributed by atoms with E-state index in [0.717, 1.165) is 25.7 Å². The van der Waals surface area contributed by atoms with Crippen molar-refractivity contribution in [2.75, 3.05) is 32.1 Å². The molecule has 0 heterocycles. The number of nitrogens with two attached hydrogens (primary N) is 1. The number of carbonyl (C=O) groups excluding carboxylic acids is 2. The Labute approximate surface area is 168 Å². The number of hydrogen-bond donors (Lipinski definition) is 2. The number of nitrogens with one attached hydrogen (secondary N) is 1. The van der Waals surface area contributed by atoms with Crippen LogP contribution in [0, 0.1) is 5.41 Å². The second-order valence-corrected chi connectivity index (χ2v) is 7.13. The maximum atomic E-state index is 12.8. The van der Waals surface area contributed by atoms with Gasteiger partial charge in [-0.3, -0.25) is 9.59 Å². The van der Waals surface area contributed by atoms with Crippen LogP contribution >= 0.6 is 12.4 Å². The molecule has 2 amide bonds. The van der Waals surface area contributed by atoms with Crippen molar-refractivity contribution in [1.82, 2.24) is 4.90 Å². The van der Waals surface area contributed by atoms with Crippen LogP contribution in [0.4, 0.5) is 5.69 Å². The summed E-state index contributed by atoms with van der Waals surface area (Å²) in [4.78, 5) is 26.7. The largest absolute Gasteiger partial charge is 0.497 e. The highest BCUT2D eigenvalue weighted by molar-refractivity contribution is 5.94. The van der Waals surface area contributed by atoms with Crippen molar-refractivity contribution >= 4 is 29.9 Å². The molecule has 0 atom stereocenters. The average Bonchev–Trinajstić information content (AvgIpc) is 2.66. The lowest BCUT2D eigenvalue weighted by Crippen LogP contribution is -2.43. The Bertz CT molecular complexity index is 618. The summed E-state index contributed by atoms with van der Waals surface area (Å²) < 4.78 is 5.16. The fraction of sp³-hybridized carbons (Fsp3) is 0.600. The number of hydrogen-bond acceptors (Lipinski definition) is 4. The molecule has 1 aliphatic rings. The van der Waals surface area contributed by atoms with E-state index >= 15 is 0 Å². The van der Waals surface area contributed by atoms with E-state index in [2.05, 4.69) is 5.32 Å². The summed E-state index contributed by atoms with van der Waals surface area (Å²) >= 11 is 0. The lowest BCUT2D eigenvalue weighted by atomic mass is 9.71. The van der Waals surface area contributed by atoms with E-state index in [-0.39, 0.29) is 36.2 Å². The highest BCUT2D eigenvalue weighted by Gasteiger charge is 2.34. The van der Waals surface area contributed by atoms with E-state index < -0.39 is 0 Å². The highest BCUT2D eigenvalue weighted by Crippen LogP contribution is 2.38. The Morgan fingerprint density at radius 3 is 2.56 bits per heavy atom. The molecular formula is C20H32ClN3O3. The molecule has 0 bridgehead atoms. The number of carbonyl (C=O) groups is 2. The molecule has 152 valence electrons. The summed E-state index contributed by atoms with van der Waals surface area (Å²) in [5.41, 5.74) is 6.56. The normalized spacial score (nSPS) is 15.4. The monoisotopic (exact) mass is 397 g/mol. The van der Waals surface area contributed by atoms with Crippen LogP contribution in [0.15, 0.2) is 24.3 Å². The van der Waals surface area contributed by atoms with Gasteiger partial charge in [0.25, 0.3) is 0 Å². The molecule has 6 nitrogen and oxygen atoms in total. The van der Waals surface area contributed by atoms with Crippen LogP contribution in [0.2, 0.25) is 0 Å². The molecule has 0 unspecified atom stereocenters. The first-order valence-corrected chi connectivity index (χ1v) is 9.43. The van der Waals surface area contributed by atoms with Gasteiger partial charge in [0.15, 0.2) is 0 Å². The van der Waals surface area contributed by atoms with Crippen LogP contribution in [0.3, 0.4) is 0 Å². The van der Waals surface area contributed by atoms with Crippen molar-refractivity contribution < 1.29 is 14.3 Å². The Morgan fingerprint density at radius 2 is 1.96 bits per heavy atom. The Balaban J connectivity index is 0.00000364. The van der Waals surface area contributed by atoms with Crippen molar-refractivity contribution in [1.29, 1.82) is 0 Å². The van der Waals surface area contributed by atoms with Gasteiger partial charge < -0.3 is 20.7 Å². The molecule has 0 spiro atoms. The molecule has 0 saturated heterocycles. The van der Waals surface area contributed by atoms with Crippen molar-refractivity contribution in [3.8, 4) is 5.75 Å². The zero-order valence-electron chi connectivity index (χ0n) is 16.3. The molecule has 0 aromatic heterocycles. The molecule has 0 aliphatic heterocycles. The van der Waals surface area contributed by atoms with E-state index in [9.17, 15) is 9.59 Å². The fourth-order valence-corrected chi connectivity index (χ4v) is 3.64. The Morgan fingerprint density at radius 1 is 1.26 bits per heavy atom. The number of amides is 2. The predicted octanol–water partition coefficient (Wildman–Crippen LogP) is 3.20. The molecule has 1 aliphatic carbocycles. The van der Waals surface area contributed by atoms with Crippen molar-refractivity contribution in [3.63, 3.8) is 0 Å². The summed E-state index contributed by atoms with van der Waals surface area (Å²) in [6, 6.07) is 7.17. The third-order valence-corrected chi connectivity index (χ3v) is 5.30. The van der Waals surface area contributed by atoms with Crippen molar-refractivity contribution in [3.05, 3.63) is 24.3 Å². The third kappa shape index (κ3) is 6.70. The summed E-state index contributed by atoms with van der Waals surface area (Å²) in [5.74, 6) is 0.480. The maximum Gasteiger partial charge on any atom is 0.243 e. The number of rotatable bonds is 8. The predicted molar refractivity (Wildman–Crippen MR) is 110 cm³/mol. The lowest BCUT2D eigenvalue weighted by Gasteiger charge is -2.37. The van der Waals surface area contributed by atoms with E-state index in [1.807, 2.05) is 19.1 Å². The van der Waals surface area contributed by atoms with Gasteiger partial charge in [-0.2, -0.15) is 0 Å². The van der Waals surface area contributed by atoms with Gasteiger partial charge in [-0.1, -0.05) is 25.3 Å². The molecule has 1 aromatic carbocycles. The second-order valence-electron chi connectivity index (χ2n) is 7.13. The van der Waals surface area contributed by atoms with Gasteiger partial charge in [-0.15, -0.1) is 12.4 Å². The van der Waals surface area contributed by atoms with Crippen molar-refractivity contribution in [2.24, 2.45) is 11.1 Å². The number of benzene rings is 1. The summed E-state index contributed by atoms with van der Waals surface area (Å²) in [6.07, 6.45) is 5.92. The number of ether oxygens (including phenoxy) is 1. The van der Waals surface area contributed by atoms with Gasteiger partial charge in [0, 0.05) is 24.7 Å². The fourth-order valence-electron chi connectivity index (χ4n) is 3.64. The number of nitrogens with zero attached hydrogens (tertiary/aromatic N) is 1. The lowest BCUT2D eigenvalue weighted by molar-refractivity contribution is -0.137. The number of methoxy groups -OCH3 is 1. The topological polar surface area (TPSA) is 84.7 Å². The Hall–Kier alpha value is -1.79. The molecule has 1 saturated carbocycles. The maximum absolute atomic E-state index is 12.8. The minimum atomic E-state index is -0.209. The standard InChI is InChI=1S/C20H31N3O3.ClH/c1-3-23(19(25)13-20(15-21)10-5-4-6-11-20)14-18(24)22-16-8-7-9-17(12-16)26-2;/h7-9,12H,3-6,10-11,13-15,21H2,1-2H3,(H,22,24);1H. The molecule has 2 rings (SSSR count). The van der Waals surface area contributed by atoms with Crippen LogP contribution in [-0.2, 0) is 9.59 Å². The van der Waals surface area contributed by atoms with Gasteiger partial charge in [0.1, 0.15) is 5.75 Å². The van der Waals surface area contributed by atoms with Gasteiger partial charge in [0.05, 0.1) is 13.7 Å². The molecule has 7 heteroatoms. The zero-order chi connectivity index (χ0) is 19.0. The van der Waals surface area contributed by atoms with E-state index in [1.165, 1.54) is 6.42 Å². The van der Waals surface area contributed by atoms with Crippen LogP contribution in [-0.4, -0.2) is 43.5 Å². The SMILES string of the molecule is CCN(CC(=O)Nc1cccc(OC)c1)C(=O)CC1(CN)CCCCC1.Cl. The zero-order valence-corrected chi connectivity index (χ0v) is 17.1. The summed E-state index contributed by atoms with van der Waals surface area (Å²) in [6.45, 7) is 2.98. The van der Waals surface area contributed by atoms with E-state index in [4.69, 9.17) is 10.5 Å². The third-order valence-electron chi connectivity index (χ3n) is 5.30. The number of halogens is 1. The first kappa shape index (κ1) is 23.2. The van der Waals surface area contributed by atoms with Gasteiger partial charge in [0.2, 0.25) is 11.8 Å². The number of anilines is 1. The van der Waals surface area contributed by atoms with Crippen LogP contribution in [0.5, 0.6) is 5.75 Å². The van der Waals surface area contributed by atoms with Gasteiger partial charge >= 0.3 is 0 Å². The Kier molecular flexibility index (Phi) is 9.60. The quantitative estimate of drug-likeness (QED) is 0.705. The molecule has 1 aromatic rings. The molecule has 0 radical (unpaired) electrons. The van der Waals surface area contributed by atoms with Crippen molar-refractivity contribution in [2.45, 2.75) is 45.4 Å². The van der Waals surface area contributed by atoms with Gasteiger partial charge in [-0.25, -0.2) is 0 Å². The second kappa shape index (κ2) is 11.1. The molecule has 1 fully saturated rings. The minimum absolute atomic E-state index is 0. The summed E-state index contributed by atoms with van der Waals surface area (Å²) in [7, 11) is 1.58. The van der Waals surface area contributed by atoms with Crippen LogP contribution in [0.1, 0.15) is 45.4 Å². The van der Waals surface area contributed by atoms with Crippen LogP contribution in [0.25, 0.3) is 0 Å². The first-order valence-electron chi connectivity index (χ1n) is 9.43. The highest BCUT2D eigenvalue weighted by atomic mass is 35.5. The number of likely N-dealkylation sites (N-methyl/N-ethyl adjacent to an activating group) is 1. The minimum Gasteiger partial charge on any atom is -0.497 e. The van der Waals surface area contributed by atoms with E-state index in [1.54, 1.807) is 24.1 Å². The van der Waals surface area contributed by atoms with E-state index in [0.29, 0.717) is 30.9 Å². The molecular weight excluding hydrogens is 366 g/mol. The summed E-state index contributed by atoms with van der Waals surface area (Å²) in [5, 5.41) is 2.83. The first-order chi connectivity index (χ1) is 12.5. The molecule has 27 heavy (non-hydrogen) atoms. The smallest absolute Gasteiger partial charge is 0.243 e. The van der Waals surface area contributed by atoms with Gasteiger partial charge in [-0.05, 0) is 43.9 Å². The average molecular weight is 398 g/mol. The molecule has 3 N–H and O–H groups in total.